The lowest BCUT2D eigenvalue weighted by atomic mass is 10.1. The van der Waals surface area contributed by atoms with Crippen LogP contribution in [0.15, 0.2) is 24.3 Å². The number of hydrogen-bond donors (Lipinski definition) is 2. The molecule has 0 bridgehead atoms. The summed E-state index contributed by atoms with van der Waals surface area (Å²) >= 11 is 11.9. The quantitative estimate of drug-likeness (QED) is 0.709. The average Bonchev–Trinajstić information content (AvgIpc) is 2.65. The number of nitrogens with zero attached hydrogens (tertiary/aromatic N) is 3. The maximum Gasteiger partial charge on any atom is 0.252 e. The lowest BCUT2D eigenvalue weighted by molar-refractivity contribution is 0.0955. The van der Waals surface area contributed by atoms with Gasteiger partial charge in [-0.25, -0.2) is 9.97 Å². The molecule has 144 valence electrons. The van der Waals surface area contributed by atoms with Crippen molar-refractivity contribution in [2.24, 2.45) is 0 Å². The molecule has 1 aliphatic rings. The lowest BCUT2D eigenvalue weighted by Crippen LogP contribution is -2.31. The molecular weight excluding hydrogens is 385 g/mol. The van der Waals surface area contributed by atoms with Crippen LogP contribution in [0.1, 0.15) is 35.4 Å². The number of piperidine rings is 1. The Morgan fingerprint density at radius 2 is 1.89 bits per heavy atom. The molecule has 0 spiro atoms. The Hall–Kier alpha value is -2.05. The van der Waals surface area contributed by atoms with Gasteiger partial charge in [0.25, 0.3) is 5.91 Å². The minimum Gasteiger partial charge on any atom is -0.368 e. The average molecular weight is 408 g/mol. The van der Waals surface area contributed by atoms with Crippen molar-refractivity contribution in [3.8, 4) is 0 Å². The number of carbonyl (C=O) groups excluding carboxylic acids is 1. The van der Waals surface area contributed by atoms with E-state index >= 15 is 0 Å². The second-order valence-electron chi connectivity index (χ2n) is 6.51. The van der Waals surface area contributed by atoms with Crippen molar-refractivity contribution >= 4 is 40.7 Å². The summed E-state index contributed by atoms with van der Waals surface area (Å²) < 4.78 is 0. The van der Waals surface area contributed by atoms with Crippen LogP contribution in [0.25, 0.3) is 0 Å². The largest absolute Gasteiger partial charge is 0.368 e. The number of carbonyl (C=O) groups is 1. The summed E-state index contributed by atoms with van der Waals surface area (Å²) in [5, 5.41) is 6.93. The number of nitrogens with one attached hydrogen (secondary N) is 2. The van der Waals surface area contributed by atoms with Gasteiger partial charge in [-0.3, -0.25) is 4.79 Å². The third-order valence-corrected chi connectivity index (χ3v) is 4.94. The van der Waals surface area contributed by atoms with Crippen molar-refractivity contribution in [2.45, 2.75) is 26.2 Å². The number of aromatic nitrogens is 2. The van der Waals surface area contributed by atoms with Gasteiger partial charge in [-0.2, -0.15) is 0 Å². The van der Waals surface area contributed by atoms with Gasteiger partial charge in [0.2, 0.25) is 0 Å². The van der Waals surface area contributed by atoms with Gasteiger partial charge in [-0.1, -0.05) is 23.2 Å². The Labute approximate surface area is 169 Å². The summed E-state index contributed by atoms with van der Waals surface area (Å²) in [6.45, 7) is 4.96. The molecule has 1 aromatic carbocycles. The van der Waals surface area contributed by atoms with E-state index in [0.717, 1.165) is 30.5 Å². The predicted octanol–water partition coefficient (Wildman–Crippen LogP) is 3.92. The Bertz CT molecular complexity index is 809. The van der Waals surface area contributed by atoms with E-state index < -0.39 is 0 Å². The zero-order valence-corrected chi connectivity index (χ0v) is 16.8. The molecule has 0 aliphatic carbocycles. The van der Waals surface area contributed by atoms with Crippen molar-refractivity contribution in [2.75, 3.05) is 36.4 Å². The van der Waals surface area contributed by atoms with E-state index in [1.165, 1.54) is 19.3 Å². The number of aryl methyl sites for hydroxylation is 1. The molecular formula is C19H23Cl2N5O. The van der Waals surface area contributed by atoms with E-state index in [1.54, 1.807) is 18.2 Å². The maximum absolute atomic E-state index is 12.2. The molecule has 0 radical (unpaired) electrons. The first-order valence-electron chi connectivity index (χ1n) is 9.11. The third-order valence-electron chi connectivity index (χ3n) is 4.40. The van der Waals surface area contributed by atoms with Crippen molar-refractivity contribution in [3.05, 3.63) is 45.7 Å². The molecule has 1 amide bonds. The fourth-order valence-corrected chi connectivity index (χ4v) is 3.56. The van der Waals surface area contributed by atoms with Gasteiger partial charge >= 0.3 is 0 Å². The second-order valence-corrected chi connectivity index (χ2v) is 7.36. The Morgan fingerprint density at radius 3 is 2.63 bits per heavy atom. The van der Waals surface area contributed by atoms with Crippen molar-refractivity contribution in [3.63, 3.8) is 0 Å². The molecule has 3 rings (SSSR count). The van der Waals surface area contributed by atoms with E-state index in [2.05, 4.69) is 25.5 Å². The molecule has 1 fully saturated rings. The van der Waals surface area contributed by atoms with Crippen LogP contribution in [0, 0.1) is 6.92 Å². The Morgan fingerprint density at radius 1 is 1.11 bits per heavy atom. The standard InChI is InChI=1S/C19H23Cl2N5O/c1-13-24-17(12-18(25-13)26-9-3-2-4-10-26)22-7-8-23-19(27)15-6-5-14(20)11-16(15)21/h5-6,11-12H,2-4,7-10H2,1H3,(H,23,27)(H,22,24,25). The molecule has 1 aliphatic heterocycles. The summed E-state index contributed by atoms with van der Waals surface area (Å²) in [4.78, 5) is 23.5. The lowest BCUT2D eigenvalue weighted by Gasteiger charge is -2.28. The number of halogens is 2. The summed E-state index contributed by atoms with van der Waals surface area (Å²) in [5.74, 6) is 2.23. The Balaban J connectivity index is 1.52. The first-order valence-corrected chi connectivity index (χ1v) is 9.86. The van der Waals surface area contributed by atoms with Crippen LogP contribution in [-0.2, 0) is 0 Å². The molecule has 6 nitrogen and oxygen atoms in total. The predicted molar refractivity (Wildman–Crippen MR) is 110 cm³/mol. The summed E-state index contributed by atoms with van der Waals surface area (Å²) in [7, 11) is 0. The summed E-state index contributed by atoms with van der Waals surface area (Å²) in [6.07, 6.45) is 3.68. The van der Waals surface area contributed by atoms with Crippen LogP contribution < -0.4 is 15.5 Å². The zero-order chi connectivity index (χ0) is 19.2. The van der Waals surface area contributed by atoms with E-state index in [4.69, 9.17) is 23.2 Å². The highest BCUT2D eigenvalue weighted by Crippen LogP contribution is 2.21. The molecule has 8 heteroatoms. The van der Waals surface area contributed by atoms with E-state index in [-0.39, 0.29) is 5.91 Å². The summed E-state index contributed by atoms with van der Waals surface area (Å²) in [5.41, 5.74) is 0.409. The molecule has 27 heavy (non-hydrogen) atoms. The van der Waals surface area contributed by atoms with Crippen LogP contribution in [-0.4, -0.2) is 42.1 Å². The van der Waals surface area contributed by atoms with Crippen LogP contribution in [0.5, 0.6) is 0 Å². The van der Waals surface area contributed by atoms with Crippen LogP contribution >= 0.6 is 23.2 Å². The highest BCUT2D eigenvalue weighted by Gasteiger charge is 2.14. The van der Waals surface area contributed by atoms with Crippen LogP contribution in [0.3, 0.4) is 0 Å². The minimum atomic E-state index is -0.230. The molecule has 0 saturated carbocycles. The van der Waals surface area contributed by atoms with Gasteiger partial charge in [0.05, 0.1) is 10.6 Å². The third kappa shape index (κ3) is 5.47. The van der Waals surface area contributed by atoms with Gasteiger partial charge in [0.15, 0.2) is 0 Å². The van der Waals surface area contributed by atoms with E-state index in [9.17, 15) is 4.79 Å². The molecule has 2 heterocycles. The number of rotatable bonds is 6. The van der Waals surface area contributed by atoms with Gasteiger partial charge in [-0.15, -0.1) is 0 Å². The Kier molecular flexibility index (Phi) is 6.74. The zero-order valence-electron chi connectivity index (χ0n) is 15.3. The van der Waals surface area contributed by atoms with Crippen molar-refractivity contribution < 1.29 is 4.79 Å². The SMILES string of the molecule is Cc1nc(NCCNC(=O)c2ccc(Cl)cc2Cl)cc(N2CCCCC2)n1. The first kappa shape index (κ1) is 19.7. The molecule has 0 unspecified atom stereocenters. The number of amides is 1. The normalized spacial score (nSPS) is 14.1. The molecule has 1 saturated heterocycles. The maximum atomic E-state index is 12.2. The van der Waals surface area contributed by atoms with Gasteiger partial charge in [-0.05, 0) is 44.4 Å². The van der Waals surface area contributed by atoms with Crippen molar-refractivity contribution in [1.82, 2.24) is 15.3 Å². The number of anilines is 2. The topological polar surface area (TPSA) is 70.2 Å². The molecule has 2 N–H and O–H groups in total. The molecule has 0 atom stereocenters. The van der Waals surface area contributed by atoms with E-state index in [1.807, 2.05) is 13.0 Å². The van der Waals surface area contributed by atoms with E-state index in [0.29, 0.717) is 28.7 Å². The molecule has 1 aromatic heterocycles. The van der Waals surface area contributed by atoms with Gasteiger partial charge in [0, 0.05) is 37.3 Å². The monoisotopic (exact) mass is 407 g/mol. The summed E-state index contributed by atoms with van der Waals surface area (Å²) in [6, 6.07) is 6.79. The second kappa shape index (κ2) is 9.24. The van der Waals surface area contributed by atoms with Gasteiger partial charge in [0.1, 0.15) is 17.5 Å². The van der Waals surface area contributed by atoms with Crippen LogP contribution in [0.2, 0.25) is 10.0 Å². The first-order chi connectivity index (χ1) is 13.0. The van der Waals surface area contributed by atoms with Gasteiger partial charge < -0.3 is 15.5 Å². The smallest absolute Gasteiger partial charge is 0.252 e. The van der Waals surface area contributed by atoms with Crippen LogP contribution in [0.4, 0.5) is 11.6 Å². The van der Waals surface area contributed by atoms with Crippen molar-refractivity contribution in [1.29, 1.82) is 0 Å². The number of benzene rings is 1. The highest BCUT2D eigenvalue weighted by molar-refractivity contribution is 6.36. The number of hydrogen-bond acceptors (Lipinski definition) is 5. The minimum absolute atomic E-state index is 0.230. The fraction of sp³-hybridized carbons (Fsp3) is 0.421. The molecule has 2 aromatic rings. The highest BCUT2D eigenvalue weighted by atomic mass is 35.5. The fourth-order valence-electron chi connectivity index (χ4n) is 3.06.